The molecule has 98 valence electrons. The number of carbonyl (C=O) groups excluding carboxylic acids is 1. The maximum Gasteiger partial charge on any atom is 0.256 e. The smallest absolute Gasteiger partial charge is 0.256 e. The van der Waals surface area contributed by atoms with Gasteiger partial charge in [-0.15, -0.1) is 6.58 Å². The first-order valence-corrected chi connectivity index (χ1v) is 6.82. The fraction of sp³-hybridized carbons (Fsp3) is 0.357. The van der Waals surface area contributed by atoms with Crippen LogP contribution in [0.15, 0.2) is 35.3 Å². The first kappa shape index (κ1) is 15.3. The number of carbonyl (C=O) groups is 1. The van der Waals surface area contributed by atoms with Crippen LogP contribution in [0.3, 0.4) is 0 Å². The molecule has 0 N–H and O–H groups in total. The van der Waals surface area contributed by atoms with Gasteiger partial charge in [-0.3, -0.25) is 4.79 Å². The maximum atomic E-state index is 12.5. The Bertz CT molecular complexity index is 465. The molecule has 18 heavy (non-hydrogen) atoms. The van der Waals surface area contributed by atoms with E-state index in [1.54, 1.807) is 23.1 Å². The molecule has 2 nitrogen and oxygen atoms in total. The predicted octanol–water partition coefficient (Wildman–Crippen LogP) is 4.53. The van der Waals surface area contributed by atoms with Crippen LogP contribution in [0.2, 0.25) is 5.02 Å². The van der Waals surface area contributed by atoms with E-state index in [-0.39, 0.29) is 11.4 Å². The fourth-order valence-electron chi connectivity index (χ4n) is 1.60. The molecule has 0 aliphatic rings. The molecule has 1 aromatic rings. The van der Waals surface area contributed by atoms with Crippen LogP contribution in [0.25, 0.3) is 0 Å². The zero-order valence-corrected chi connectivity index (χ0v) is 13.2. The Morgan fingerprint density at radius 1 is 1.50 bits per heavy atom. The van der Waals surface area contributed by atoms with E-state index in [4.69, 9.17) is 11.6 Å². The summed E-state index contributed by atoms with van der Waals surface area (Å²) in [6.45, 7) is 10.1. The van der Waals surface area contributed by atoms with Crippen LogP contribution in [0, 0.1) is 0 Å². The summed E-state index contributed by atoms with van der Waals surface area (Å²) in [6.07, 6.45) is 1.72. The third-order valence-corrected chi connectivity index (χ3v) is 3.35. The minimum atomic E-state index is -0.281. The Labute approximate surface area is 122 Å². The molecule has 0 radical (unpaired) electrons. The molecule has 0 aromatic heterocycles. The predicted molar refractivity (Wildman–Crippen MR) is 80.1 cm³/mol. The van der Waals surface area contributed by atoms with Gasteiger partial charge in [-0.05, 0) is 39.0 Å². The van der Waals surface area contributed by atoms with Crippen molar-refractivity contribution in [2.75, 3.05) is 6.54 Å². The van der Waals surface area contributed by atoms with Crippen LogP contribution < -0.4 is 0 Å². The highest BCUT2D eigenvalue weighted by molar-refractivity contribution is 9.10. The lowest BCUT2D eigenvalue weighted by Crippen LogP contribution is -2.45. The van der Waals surface area contributed by atoms with E-state index in [1.165, 1.54) is 0 Å². The number of amides is 1. The topological polar surface area (TPSA) is 20.3 Å². The van der Waals surface area contributed by atoms with E-state index in [9.17, 15) is 4.79 Å². The monoisotopic (exact) mass is 329 g/mol. The summed E-state index contributed by atoms with van der Waals surface area (Å²) in [7, 11) is 0. The zero-order valence-electron chi connectivity index (χ0n) is 10.8. The molecule has 0 aliphatic heterocycles. The Morgan fingerprint density at radius 2 is 2.11 bits per heavy atom. The quantitative estimate of drug-likeness (QED) is 0.746. The second-order valence-electron chi connectivity index (χ2n) is 5.00. The van der Waals surface area contributed by atoms with Crippen molar-refractivity contribution < 1.29 is 4.79 Å². The summed E-state index contributed by atoms with van der Waals surface area (Å²) in [5.41, 5.74) is 0.222. The summed E-state index contributed by atoms with van der Waals surface area (Å²) < 4.78 is 0.836. The molecule has 0 saturated heterocycles. The normalized spacial score (nSPS) is 11.2. The Balaban J connectivity index is 3.17. The summed E-state index contributed by atoms with van der Waals surface area (Å²) in [6, 6.07) is 5.27. The molecule has 0 spiro atoms. The number of hydrogen-bond acceptors (Lipinski definition) is 1. The summed E-state index contributed by atoms with van der Waals surface area (Å²) >= 11 is 9.44. The third kappa shape index (κ3) is 3.59. The Hall–Kier alpha value is -0.800. The highest BCUT2D eigenvalue weighted by Gasteiger charge is 2.27. The molecule has 1 amide bonds. The van der Waals surface area contributed by atoms with Gasteiger partial charge in [0.1, 0.15) is 0 Å². The maximum absolute atomic E-state index is 12.5. The van der Waals surface area contributed by atoms with Crippen LogP contribution in [-0.4, -0.2) is 22.9 Å². The van der Waals surface area contributed by atoms with E-state index in [2.05, 4.69) is 22.5 Å². The lowest BCUT2D eigenvalue weighted by atomic mass is 10.0. The second kappa shape index (κ2) is 5.89. The molecule has 0 unspecified atom stereocenters. The molecule has 0 heterocycles. The van der Waals surface area contributed by atoms with Gasteiger partial charge in [0.15, 0.2) is 0 Å². The molecule has 0 fully saturated rings. The number of benzene rings is 1. The molecule has 0 aliphatic carbocycles. The number of halogens is 2. The molecular weight excluding hydrogens is 314 g/mol. The van der Waals surface area contributed by atoms with Gasteiger partial charge in [0.05, 0.1) is 10.6 Å². The molecule has 0 atom stereocenters. The van der Waals surface area contributed by atoms with E-state index >= 15 is 0 Å². The first-order valence-electron chi connectivity index (χ1n) is 5.65. The van der Waals surface area contributed by atoms with Crippen molar-refractivity contribution in [3.63, 3.8) is 0 Å². The van der Waals surface area contributed by atoms with Crippen LogP contribution in [0.5, 0.6) is 0 Å². The van der Waals surface area contributed by atoms with Gasteiger partial charge < -0.3 is 4.90 Å². The third-order valence-electron chi connectivity index (χ3n) is 2.53. The van der Waals surface area contributed by atoms with E-state index in [0.29, 0.717) is 17.1 Å². The summed E-state index contributed by atoms with van der Waals surface area (Å²) in [5.74, 6) is -0.0892. The molecule has 0 saturated carbocycles. The molecule has 4 heteroatoms. The van der Waals surface area contributed by atoms with E-state index < -0.39 is 0 Å². The minimum Gasteiger partial charge on any atom is -0.330 e. The van der Waals surface area contributed by atoms with Gasteiger partial charge in [0, 0.05) is 16.6 Å². The van der Waals surface area contributed by atoms with Crippen molar-refractivity contribution in [2.45, 2.75) is 26.3 Å². The average Bonchev–Trinajstić information content (AvgIpc) is 2.27. The van der Waals surface area contributed by atoms with Crippen LogP contribution in [-0.2, 0) is 0 Å². The van der Waals surface area contributed by atoms with Crippen molar-refractivity contribution in [1.82, 2.24) is 4.90 Å². The lowest BCUT2D eigenvalue weighted by Gasteiger charge is -2.35. The summed E-state index contributed by atoms with van der Waals surface area (Å²) in [5, 5.41) is 0.460. The number of hydrogen-bond donors (Lipinski definition) is 0. The van der Waals surface area contributed by atoms with Crippen molar-refractivity contribution in [3.05, 3.63) is 45.9 Å². The van der Waals surface area contributed by atoms with E-state index in [0.717, 1.165) is 4.47 Å². The fourth-order valence-corrected chi connectivity index (χ4v) is 2.16. The average molecular weight is 331 g/mol. The molecule has 0 bridgehead atoms. The second-order valence-corrected chi connectivity index (χ2v) is 6.32. The highest BCUT2D eigenvalue weighted by Crippen LogP contribution is 2.25. The van der Waals surface area contributed by atoms with Crippen LogP contribution in [0.1, 0.15) is 31.1 Å². The Kier molecular flexibility index (Phi) is 5.00. The Morgan fingerprint density at radius 3 is 2.61 bits per heavy atom. The SMILES string of the molecule is C=CCN(C(=O)c1cc(Br)ccc1Cl)C(C)(C)C. The molecule has 1 rings (SSSR count). The standard InChI is InChI=1S/C14H17BrClNO/c1-5-8-17(14(2,3)4)13(18)11-9-10(15)6-7-12(11)16/h5-7,9H,1,8H2,2-4H3. The summed E-state index contributed by atoms with van der Waals surface area (Å²) in [4.78, 5) is 14.3. The molecule has 1 aromatic carbocycles. The minimum absolute atomic E-state index is 0.0892. The van der Waals surface area contributed by atoms with Crippen molar-refractivity contribution >= 4 is 33.4 Å². The van der Waals surface area contributed by atoms with Gasteiger partial charge in [0.25, 0.3) is 5.91 Å². The van der Waals surface area contributed by atoms with Gasteiger partial charge in [0.2, 0.25) is 0 Å². The molecular formula is C14H17BrClNO. The van der Waals surface area contributed by atoms with Gasteiger partial charge in [-0.1, -0.05) is 33.6 Å². The van der Waals surface area contributed by atoms with Gasteiger partial charge in [-0.2, -0.15) is 0 Å². The van der Waals surface area contributed by atoms with Crippen molar-refractivity contribution in [2.24, 2.45) is 0 Å². The van der Waals surface area contributed by atoms with E-state index in [1.807, 2.05) is 26.8 Å². The lowest BCUT2D eigenvalue weighted by molar-refractivity contribution is 0.0617. The van der Waals surface area contributed by atoms with Gasteiger partial charge in [-0.25, -0.2) is 0 Å². The van der Waals surface area contributed by atoms with Crippen molar-refractivity contribution in [3.8, 4) is 0 Å². The zero-order chi connectivity index (χ0) is 13.9. The van der Waals surface area contributed by atoms with Crippen LogP contribution in [0.4, 0.5) is 0 Å². The number of rotatable bonds is 3. The largest absolute Gasteiger partial charge is 0.330 e. The van der Waals surface area contributed by atoms with Crippen LogP contribution >= 0.6 is 27.5 Å². The highest BCUT2D eigenvalue weighted by atomic mass is 79.9. The number of nitrogens with zero attached hydrogens (tertiary/aromatic N) is 1. The first-order chi connectivity index (χ1) is 8.27. The van der Waals surface area contributed by atoms with Crippen molar-refractivity contribution in [1.29, 1.82) is 0 Å². The van der Waals surface area contributed by atoms with Gasteiger partial charge >= 0.3 is 0 Å².